The van der Waals surface area contributed by atoms with E-state index in [1.54, 1.807) is 11.7 Å². The second kappa shape index (κ2) is 4.14. The number of nitrogen functional groups attached to an aromatic ring is 1. The topological polar surface area (TPSA) is 56.7 Å². The highest BCUT2D eigenvalue weighted by Crippen LogP contribution is 2.20. The van der Waals surface area contributed by atoms with Crippen molar-refractivity contribution in [2.75, 3.05) is 5.73 Å². The summed E-state index contributed by atoms with van der Waals surface area (Å²) in [5, 5.41) is 6.77. The highest BCUT2D eigenvalue weighted by atomic mass is 15.4. The van der Waals surface area contributed by atoms with E-state index in [-0.39, 0.29) is 0 Å². The zero-order valence-corrected chi connectivity index (χ0v) is 10.2. The Labute approximate surface area is 105 Å². The van der Waals surface area contributed by atoms with Gasteiger partial charge in [-0.25, -0.2) is 4.68 Å². The molecule has 0 aliphatic rings. The normalized spacial score (nSPS) is 10.9. The number of aryl methyl sites for hydroxylation is 1. The summed E-state index contributed by atoms with van der Waals surface area (Å²) >= 11 is 0. The Morgan fingerprint density at radius 2 is 1.89 bits per heavy atom. The quantitative estimate of drug-likeness (QED) is 0.744. The molecule has 0 aliphatic carbocycles. The van der Waals surface area contributed by atoms with Crippen molar-refractivity contribution >= 4 is 16.7 Å². The third kappa shape index (κ3) is 1.82. The van der Waals surface area contributed by atoms with Crippen LogP contribution in [-0.4, -0.2) is 14.8 Å². The van der Waals surface area contributed by atoms with Crippen molar-refractivity contribution in [3.05, 3.63) is 53.9 Å². The standard InChI is InChI=1S/C14H14N4/c1-18-14(15)16-13(17-18)9-11-7-4-6-10-5-2-3-8-12(10)11/h2-8H,9H2,1H3,(H2,15,16,17). The van der Waals surface area contributed by atoms with Gasteiger partial charge in [-0.05, 0) is 16.3 Å². The molecule has 3 rings (SSSR count). The molecule has 4 nitrogen and oxygen atoms in total. The van der Waals surface area contributed by atoms with Gasteiger partial charge in [0.25, 0.3) is 0 Å². The van der Waals surface area contributed by atoms with Crippen LogP contribution in [0, 0.1) is 0 Å². The van der Waals surface area contributed by atoms with Crippen LogP contribution in [0.5, 0.6) is 0 Å². The molecule has 90 valence electrons. The van der Waals surface area contributed by atoms with Crippen LogP contribution in [0.2, 0.25) is 0 Å². The summed E-state index contributed by atoms with van der Waals surface area (Å²) in [5.74, 6) is 1.21. The smallest absolute Gasteiger partial charge is 0.218 e. The van der Waals surface area contributed by atoms with E-state index in [0.717, 1.165) is 5.82 Å². The molecule has 0 saturated heterocycles. The lowest BCUT2D eigenvalue weighted by Crippen LogP contribution is -1.97. The molecule has 0 radical (unpaired) electrons. The molecule has 0 bridgehead atoms. The summed E-state index contributed by atoms with van der Waals surface area (Å²) in [6, 6.07) is 14.6. The summed E-state index contributed by atoms with van der Waals surface area (Å²) in [5.41, 5.74) is 6.92. The molecule has 3 aromatic rings. The fourth-order valence-corrected chi connectivity index (χ4v) is 2.14. The minimum absolute atomic E-state index is 0.449. The SMILES string of the molecule is Cn1nc(Cc2cccc3ccccc23)nc1N. The summed E-state index contributed by atoms with van der Waals surface area (Å²) in [6.07, 6.45) is 0.701. The number of fused-ring (bicyclic) bond motifs is 1. The van der Waals surface area contributed by atoms with Crippen molar-refractivity contribution < 1.29 is 0 Å². The van der Waals surface area contributed by atoms with Crippen LogP contribution in [-0.2, 0) is 13.5 Å². The Hall–Kier alpha value is -2.36. The van der Waals surface area contributed by atoms with Gasteiger partial charge in [0.15, 0.2) is 5.82 Å². The number of benzene rings is 2. The lowest BCUT2D eigenvalue weighted by atomic mass is 10.0. The Bertz CT molecular complexity index is 675. The van der Waals surface area contributed by atoms with E-state index in [1.165, 1.54) is 16.3 Å². The maximum absolute atomic E-state index is 5.70. The molecule has 0 fully saturated rings. The number of rotatable bonds is 2. The summed E-state index contributed by atoms with van der Waals surface area (Å²) in [6.45, 7) is 0. The first kappa shape index (κ1) is 10.8. The van der Waals surface area contributed by atoms with E-state index in [9.17, 15) is 0 Å². The van der Waals surface area contributed by atoms with Gasteiger partial charge in [-0.2, -0.15) is 10.1 Å². The average Bonchev–Trinajstić information content (AvgIpc) is 2.69. The lowest BCUT2D eigenvalue weighted by Gasteiger charge is -2.03. The van der Waals surface area contributed by atoms with E-state index in [4.69, 9.17) is 5.73 Å². The molecule has 18 heavy (non-hydrogen) atoms. The molecule has 1 heterocycles. The predicted molar refractivity (Wildman–Crippen MR) is 72.2 cm³/mol. The number of hydrogen-bond donors (Lipinski definition) is 1. The number of nitrogens with two attached hydrogens (primary N) is 1. The Kier molecular flexibility index (Phi) is 2.48. The van der Waals surface area contributed by atoms with Gasteiger partial charge in [-0.1, -0.05) is 42.5 Å². The molecule has 0 spiro atoms. The fraction of sp³-hybridized carbons (Fsp3) is 0.143. The highest BCUT2D eigenvalue weighted by molar-refractivity contribution is 5.85. The third-order valence-corrected chi connectivity index (χ3v) is 3.07. The van der Waals surface area contributed by atoms with E-state index in [1.807, 2.05) is 12.1 Å². The van der Waals surface area contributed by atoms with Crippen LogP contribution in [0.3, 0.4) is 0 Å². The van der Waals surface area contributed by atoms with Gasteiger partial charge in [-0.15, -0.1) is 0 Å². The molecular formula is C14H14N4. The van der Waals surface area contributed by atoms with Crippen LogP contribution in [0.25, 0.3) is 10.8 Å². The van der Waals surface area contributed by atoms with Crippen LogP contribution >= 0.6 is 0 Å². The Morgan fingerprint density at radius 3 is 2.67 bits per heavy atom. The molecule has 1 aromatic heterocycles. The van der Waals surface area contributed by atoms with Gasteiger partial charge in [0.2, 0.25) is 5.95 Å². The molecule has 0 aliphatic heterocycles. The first-order chi connectivity index (χ1) is 8.74. The Morgan fingerprint density at radius 1 is 1.11 bits per heavy atom. The molecule has 0 atom stereocenters. The molecule has 4 heteroatoms. The summed E-state index contributed by atoms with van der Waals surface area (Å²) in [4.78, 5) is 4.24. The van der Waals surface area contributed by atoms with Crippen molar-refractivity contribution in [3.63, 3.8) is 0 Å². The fourth-order valence-electron chi connectivity index (χ4n) is 2.14. The lowest BCUT2D eigenvalue weighted by molar-refractivity contribution is 0.759. The van der Waals surface area contributed by atoms with Crippen molar-refractivity contribution in [3.8, 4) is 0 Å². The molecule has 0 amide bonds. The maximum Gasteiger partial charge on any atom is 0.218 e. The molecule has 0 saturated carbocycles. The monoisotopic (exact) mass is 238 g/mol. The number of anilines is 1. The van der Waals surface area contributed by atoms with Crippen molar-refractivity contribution in [1.82, 2.24) is 14.8 Å². The molecule has 2 aromatic carbocycles. The van der Waals surface area contributed by atoms with Gasteiger partial charge in [0.05, 0.1) is 0 Å². The predicted octanol–water partition coefficient (Wildman–Crippen LogP) is 2.14. The third-order valence-electron chi connectivity index (χ3n) is 3.07. The van der Waals surface area contributed by atoms with Crippen LogP contribution in [0.4, 0.5) is 5.95 Å². The number of hydrogen-bond acceptors (Lipinski definition) is 3. The first-order valence-electron chi connectivity index (χ1n) is 5.86. The van der Waals surface area contributed by atoms with Crippen LogP contribution in [0.1, 0.15) is 11.4 Å². The van der Waals surface area contributed by atoms with Crippen molar-refractivity contribution in [2.45, 2.75) is 6.42 Å². The largest absolute Gasteiger partial charge is 0.368 e. The molecule has 0 unspecified atom stereocenters. The van der Waals surface area contributed by atoms with E-state index < -0.39 is 0 Å². The summed E-state index contributed by atoms with van der Waals surface area (Å²) < 4.78 is 1.60. The number of aromatic nitrogens is 3. The van der Waals surface area contributed by atoms with Gasteiger partial charge in [0, 0.05) is 13.5 Å². The van der Waals surface area contributed by atoms with Crippen LogP contribution < -0.4 is 5.73 Å². The number of nitrogens with zero attached hydrogens (tertiary/aromatic N) is 3. The van der Waals surface area contributed by atoms with Gasteiger partial charge < -0.3 is 5.73 Å². The maximum atomic E-state index is 5.70. The highest BCUT2D eigenvalue weighted by Gasteiger charge is 2.07. The summed E-state index contributed by atoms with van der Waals surface area (Å²) in [7, 11) is 1.80. The van der Waals surface area contributed by atoms with E-state index in [0.29, 0.717) is 12.4 Å². The molecule has 2 N–H and O–H groups in total. The van der Waals surface area contributed by atoms with Gasteiger partial charge in [-0.3, -0.25) is 0 Å². The second-order valence-corrected chi connectivity index (χ2v) is 4.32. The molecular weight excluding hydrogens is 224 g/mol. The van der Waals surface area contributed by atoms with E-state index >= 15 is 0 Å². The average molecular weight is 238 g/mol. The minimum Gasteiger partial charge on any atom is -0.368 e. The van der Waals surface area contributed by atoms with Crippen molar-refractivity contribution in [1.29, 1.82) is 0 Å². The van der Waals surface area contributed by atoms with Gasteiger partial charge >= 0.3 is 0 Å². The van der Waals surface area contributed by atoms with Gasteiger partial charge in [0.1, 0.15) is 0 Å². The van der Waals surface area contributed by atoms with E-state index in [2.05, 4.69) is 40.4 Å². The minimum atomic E-state index is 0.449. The second-order valence-electron chi connectivity index (χ2n) is 4.32. The Balaban J connectivity index is 2.04. The zero-order chi connectivity index (χ0) is 12.5. The van der Waals surface area contributed by atoms with Crippen molar-refractivity contribution in [2.24, 2.45) is 7.05 Å². The van der Waals surface area contributed by atoms with Crippen LogP contribution in [0.15, 0.2) is 42.5 Å². The zero-order valence-electron chi connectivity index (χ0n) is 10.2. The first-order valence-corrected chi connectivity index (χ1v) is 5.86.